The molecule has 0 unspecified atom stereocenters. The summed E-state index contributed by atoms with van der Waals surface area (Å²) in [6, 6.07) is 12.3. The Kier molecular flexibility index (Phi) is 5.92. The molecule has 2 rings (SSSR count). The van der Waals surface area contributed by atoms with E-state index < -0.39 is 0 Å². The Bertz CT molecular complexity index is 642. The van der Waals surface area contributed by atoms with Gasteiger partial charge in [0.05, 0.1) is 7.11 Å². The highest BCUT2D eigenvalue weighted by molar-refractivity contribution is 6.35. The van der Waals surface area contributed by atoms with Crippen molar-refractivity contribution in [1.82, 2.24) is 5.32 Å². The summed E-state index contributed by atoms with van der Waals surface area (Å²) < 4.78 is 5.16. The van der Waals surface area contributed by atoms with Crippen LogP contribution in [0.25, 0.3) is 0 Å². The minimum atomic E-state index is -0.304. The van der Waals surface area contributed by atoms with Gasteiger partial charge in [0.2, 0.25) is 0 Å². The third kappa shape index (κ3) is 5.13. The van der Waals surface area contributed by atoms with Gasteiger partial charge < -0.3 is 15.4 Å². The van der Waals surface area contributed by atoms with Crippen molar-refractivity contribution in [2.75, 3.05) is 19.0 Å². The van der Waals surface area contributed by atoms with Gasteiger partial charge >= 0.3 is 6.03 Å². The van der Waals surface area contributed by atoms with Crippen molar-refractivity contribution in [2.24, 2.45) is 0 Å². The highest BCUT2D eigenvalue weighted by Gasteiger charge is 2.04. The number of methoxy groups -OCH3 is 1. The van der Waals surface area contributed by atoms with Gasteiger partial charge in [-0.05, 0) is 42.3 Å². The van der Waals surface area contributed by atoms with Gasteiger partial charge in [0.1, 0.15) is 5.75 Å². The Morgan fingerprint density at radius 3 is 2.55 bits per heavy atom. The summed E-state index contributed by atoms with van der Waals surface area (Å²) in [6.07, 6.45) is 0.709. The second-order valence-electron chi connectivity index (χ2n) is 4.64. The maximum atomic E-state index is 11.8. The number of amides is 2. The van der Waals surface area contributed by atoms with Crippen molar-refractivity contribution in [2.45, 2.75) is 6.42 Å². The van der Waals surface area contributed by atoms with Crippen molar-refractivity contribution >= 4 is 34.9 Å². The fourth-order valence-electron chi connectivity index (χ4n) is 1.95. The van der Waals surface area contributed by atoms with Gasteiger partial charge in [-0.2, -0.15) is 0 Å². The highest BCUT2D eigenvalue weighted by Crippen LogP contribution is 2.22. The first kappa shape index (κ1) is 16.5. The van der Waals surface area contributed by atoms with E-state index in [4.69, 9.17) is 27.9 Å². The molecule has 2 amide bonds. The summed E-state index contributed by atoms with van der Waals surface area (Å²) in [5, 5.41) is 6.41. The van der Waals surface area contributed by atoms with E-state index in [1.807, 2.05) is 24.3 Å². The van der Waals surface area contributed by atoms with Gasteiger partial charge in [-0.15, -0.1) is 0 Å². The zero-order valence-corrected chi connectivity index (χ0v) is 13.5. The van der Waals surface area contributed by atoms with Gasteiger partial charge in [0.25, 0.3) is 0 Å². The SMILES string of the molecule is COc1cccc(CCNC(=O)Nc2cc(Cl)cc(Cl)c2)c1. The smallest absolute Gasteiger partial charge is 0.319 e. The third-order valence-corrected chi connectivity index (χ3v) is 3.39. The molecule has 0 spiro atoms. The van der Waals surface area contributed by atoms with Gasteiger partial charge in [0, 0.05) is 22.3 Å². The van der Waals surface area contributed by atoms with Gasteiger partial charge in [0.15, 0.2) is 0 Å². The Balaban J connectivity index is 1.82. The average molecular weight is 339 g/mol. The molecule has 0 aliphatic heterocycles. The summed E-state index contributed by atoms with van der Waals surface area (Å²) in [7, 11) is 1.63. The lowest BCUT2D eigenvalue weighted by atomic mass is 10.1. The molecule has 0 saturated carbocycles. The number of carbonyl (C=O) groups excluding carboxylic acids is 1. The van der Waals surface area contributed by atoms with E-state index in [1.165, 1.54) is 0 Å². The number of hydrogen-bond acceptors (Lipinski definition) is 2. The number of nitrogens with one attached hydrogen (secondary N) is 2. The molecule has 0 aliphatic rings. The summed E-state index contributed by atoms with van der Waals surface area (Å²) in [5.74, 6) is 0.801. The first-order valence-electron chi connectivity index (χ1n) is 6.70. The van der Waals surface area contributed by atoms with Crippen LogP contribution in [0.4, 0.5) is 10.5 Å². The van der Waals surface area contributed by atoms with E-state index >= 15 is 0 Å². The topological polar surface area (TPSA) is 50.4 Å². The lowest BCUT2D eigenvalue weighted by molar-refractivity contribution is 0.252. The number of urea groups is 1. The van der Waals surface area contributed by atoms with E-state index in [9.17, 15) is 4.79 Å². The molecule has 0 aliphatic carbocycles. The Labute approximate surface area is 139 Å². The molecular weight excluding hydrogens is 323 g/mol. The van der Waals surface area contributed by atoms with Crippen molar-refractivity contribution < 1.29 is 9.53 Å². The Hall–Kier alpha value is -1.91. The fraction of sp³-hybridized carbons (Fsp3) is 0.188. The molecule has 2 N–H and O–H groups in total. The fourth-order valence-corrected chi connectivity index (χ4v) is 2.48. The minimum absolute atomic E-state index is 0.304. The lowest BCUT2D eigenvalue weighted by Gasteiger charge is -2.09. The quantitative estimate of drug-likeness (QED) is 0.850. The van der Waals surface area contributed by atoms with E-state index in [0.717, 1.165) is 11.3 Å². The van der Waals surface area contributed by atoms with Crippen molar-refractivity contribution in [1.29, 1.82) is 0 Å². The average Bonchev–Trinajstić information content (AvgIpc) is 2.46. The van der Waals surface area contributed by atoms with Crippen molar-refractivity contribution in [3.05, 3.63) is 58.1 Å². The number of carbonyl (C=O) groups is 1. The van der Waals surface area contributed by atoms with Crippen LogP contribution in [0.3, 0.4) is 0 Å². The molecule has 2 aromatic rings. The van der Waals surface area contributed by atoms with Crippen LogP contribution in [0.15, 0.2) is 42.5 Å². The second-order valence-corrected chi connectivity index (χ2v) is 5.51. The molecule has 4 nitrogen and oxygen atoms in total. The summed E-state index contributed by atoms with van der Waals surface area (Å²) in [5.41, 5.74) is 1.64. The molecular formula is C16H16Cl2N2O2. The number of ether oxygens (including phenoxy) is 1. The highest BCUT2D eigenvalue weighted by atomic mass is 35.5. The molecule has 0 radical (unpaired) electrons. The van der Waals surface area contributed by atoms with Crippen LogP contribution in [-0.4, -0.2) is 19.7 Å². The van der Waals surface area contributed by atoms with Crippen molar-refractivity contribution in [3.8, 4) is 5.75 Å². The number of rotatable bonds is 5. The van der Waals surface area contributed by atoms with Crippen LogP contribution < -0.4 is 15.4 Å². The lowest BCUT2D eigenvalue weighted by Crippen LogP contribution is -2.30. The summed E-state index contributed by atoms with van der Waals surface area (Å²) >= 11 is 11.8. The monoisotopic (exact) mass is 338 g/mol. The zero-order chi connectivity index (χ0) is 15.9. The number of benzene rings is 2. The van der Waals surface area contributed by atoms with Gasteiger partial charge in [-0.3, -0.25) is 0 Å². The second kappa shape index (κ2) is 7.92. The molecule has 0 bridgehead atoms. The summed E-state index contributed by atoms with van der Waals surface area (Å²) in [6.45, 7) is 0.507. The standard InChI is InChI=1S/C16H16Cl2N2O2/c1-22-15-4-2-3-11(7-15)5-6-19-16(21)20-14-9-12(17)8-13(18)10-14/h2-4,7-10H,5-6H2,1H3,(H2,19,20,21). The molecule has 0 aromatic heterocycles. The minimum Gasteiger partial charge on any atom is -0.497 e. The summed E-state index contributed by atoms with van der Waals surface area (Å²) in [4.78, 5) is 11.8. The molecule has 0 atom stereocenters. The van der Waals surface area contributed by atoms with E-state index in [-0.39, 0.29) is 6.03 Å². The van der Waals surface area contributed by atoms with Crippen LogP contribution in [0.1, 0.15) is 5.56 Å². The maximum Gasteiger partial charge on any atom is 0.319 e. The number of anilines is 1. The van der Waals surface area contributed by atoms with Crippen LogP contribution in [0.2, 0.25) is 10.0 Å². The van der Waals surface area contributed by atoms with E-state index in [2.05, 4.69) is 10.6 Å². The molecule has 116 valence electrons. The predicted octanol–water partition coefficient (Wildman–Crippen LogP) is 4.37. The third-order valence-electron chi connectivity index (χ3n) is 2.95. The first-order valence-corrected chi connectivity index (χ1v) is 7.46. The number of halogens is 2. The largest absolute Gasteiger partial charge is 0.497 e. The molecule has 0 saturated heterocycles. The van der Waals surface area contributed by atoms with Crippen LogP contribution in [-0.2, 0) is 6.42 Å². The molecule has 6 heteroatoms. The molecule has 0 heterocycles. The predicted molar refractivity (Wildman–Crippen MR) is 90.2 cm³/mol. The molecule has 22 heavy (non-hydrogen) atoms. The van der Waals surface area contributed by atoms with Crippen LogP contribution >= 0.6 is 23.2 Å². The van der Waals surface area contributed by atoms with Crippen LogP contribution in [0.5, 0.6) is 5.75 Å². The van der Waals surface area contributed by atoms with Gasteiger partial charge in [-0.1, -0.05) is 35.3 Å². The normalized spacial score (nSPS) is 10.1. The van der Waals surface area contributed by atoms with Crippen molar-refractivity contribution in [3.63, 3.8) is 0 Å². The number of hydrogen-bond donors (Lipinski definition) is 2. The maximum absolute atomic E-state index is 11.8. The molecule has 0 fully saturated rings. The van der Waals surface area contributed by atoms with E-state index in [1.54, 1.807) is 25.3 Å². The van der Waals surface area contributed by atoms with Crippen LogP contribution in [0, 0.1) is 0 Å². The van der Waals surface area contributed by atoms with Gasteiger partial charge in [-0.25, -0.2) is 4.79 Å². The molecule has 2 aromatic carbocycles. The van der Waals surface area contributed by atoms with E-state index in [0.29, 0.717) is 28.7 Å². The first-order chi connectivity index (χ1) is 10.6. The Morgan fingerprint density at radius 2 is 1.86 bits per heavy atom. The zero-order valence-electron chi connectivity index (χ0n) is 12.0. The Morgan fingerprint density at radius 1 is 1.14 bits per heavy atom.